The van der Waals surface area contributed by atoms with Crippen molar-refractivity contribution in [3.63, 3.8) is 0 Å². The van der Waals surface area contributed by atoms with Gasteiger partial charge in [0, 0.05) is 10.7 Å². The number of hydrogen-bond donors (Lipinski definition) is 3. The van der Waals surface area contributed by atoms with E-state index in [0.29, 0.717) is 5.69 Å². The Labute approximate surface area is 99.2 Å². The first-order valence-corrected chi connectivity index (χ1v) is 5.47. The molecule has 0 amide bonds. The number of benzene rings is 1. The Morgan fingerprint density at radius 2 is 2.19 bits per heavy atom. The van der Waals surface area contributed by atoms with Gasteiger partial charge in [0.15, 0.2) is 0 Å². The molecule has 0 saturated carbocycles. The summed E-state index contributed by atoms with van der Waals surface area (Å²) < 4.78 is 0.930. The molecule has 0 saturated heterocycles. The molecule has 6 heteroatoms. The van der Waals surface area contributed by atoms with Gasteiger partial charge in [-0.3, -0.25) is 5.10 Å². The number of fused-ring (bicyclic) bond motifs is 1. The van der Waals surface area contributed by atoms with E-state index in [2.05, 4.69) is 36.1 Å². The smallest absolute Gasteiger partial charge is 0.141 e. The predicted octanol–water partition coefficient (Wildman–Crippen LogP) is 2.30. The molecule has 2 aromatic heterocycles. The van der Waals surface area contributed by atoms with Crippen molar-refractivity contribution in [1.29, 1.82) is 0 Å². The summed E-state index contributed by atoms with van der Waals surface area (Å²) in [6, 6.07) is 3.78. The minimum Gasteiger partial charge on any atom is -0.397 e. The highest BCUT2D eigenvalue weighted by Gasteiger charge is 2.09. The van der Waals surface area contributed by atoms with Crippen LogP contribution in [0.25, 0.3) is 22.4 Å². The van der Waals surface area contributed by atoms with E-state index < -0.39 is 0 Å². The Hall–Kier alpha value is -1.82. The Morgan fingerprint density at radius 1 is 1.31 bits per heavy atom. The Balaban J connectivity index is 2.27. The average molecular weight is 278 g/mol. The molecule has 0 aliphatic carbocycles. The van der Waals surface area contributed by atoms with Crippen LogP contribution in [0.5, 0.6) is 0 Å². The molecule has 3 aromatic rings. The molecule has 0 unspecified atom stereocenters. The summed E-state index contributed by atoms with van der Waals surface area (Å²) in [5, 5.41) is 6.63. The zero-order valence-electron chi connectivity index (χ0n) is 8.16. The highest BCUT2D eigenvalue weighted by Crippen LogP contribution is 2.27. The molecule has 0 bridgehead atoms. The Kier molecular flexibility index (Phi) is 1.97. The quantitative estimate of drug-likeness (QED) is 0.597. The van der Waals surface area contributed by atoms with Crippen LogP contribution in [0.4, 0.5) is 5.69 Å². The number of imidazole rings is 1. The van der Waals surface area contributed by atoms with Gasteiger partial charge < -0.3 is 10.7 Å². The van der Waals surface area contributed by atoms with E-state index in [1.54, 1.807) is 12.4 Å². The monoisotopic (exact) mass is 277 g/mol. The molecule has 0 spiro atoms. The van der Waals surface area contributed by atoms with Crippen molar-refractivity contribution in [3.05, 3.63) is 29.0 Å². The summed E-state index contributed by atoms with van der Waals surface area (Å²) in [6.07, 6.45) is 3.49. The molecule has 16 heavy (non-hydrogen) atoms. The summed E-state index contributed by atoms with van der Waals surface area (Å²) in [4.78, 5) is 7.63. The Bertz CT molecular complexity index is 641. The van der Waals surface area contributed by atoms with Crippen LogP contribution < -0.4 is 5.73 Å². The van der Waals surface area contributed by atoms with Crippen LogP contribution >= 0.6 is 15.9 Å². The van der Waals surface area contributed by atoms with Crippen molar-refractivity contribution in [1.82, 2.24) is 20.2 Å². The van der Waals surface area contributed by atoms with Crippen LogP contribution in [-0.4, -0.2) is 20.2 Å². The standard InChI is InChI=1S/C10H8BrN5/c11-6-1-7(12)9-8(2-6)15-10(16-9)5-3-13-14-4-5/h1-4H,12H2,(H,13,14)(H,15,16). The van der Waals surface area contributed by atoms with Crippen LogP contribution in [0.15, 0.2) is 29.0 Å². The lowest BCUT2D eigenvalue weighted by Crippen LogP contribution is -1.86. The third-order valence-electron chi connectivity index (χ3n) is 2.35. The van der Waals surface area contributed by atoms with Crippen molar-refractivity contribution in [2.24, 2.45) is 0 Å². The van der Waals surface area contributed by atoms with Crippen LogP contribution in [0, 0.1) is 0 Å². The summed E-state index contributed by atoms with van der Waals surface area (Å²) in [5.74, 6) is 0.758. The van der Waals surface area contributed by atoms with Gasteiger partial charge in [-0.15, -0.1) is 0 Å². The molecule has 2 heterocycles. The SMILES string of the molecule is Nc1cc(Br)cc2[nH]c(-c3cn[nH]c3)nc12. The van der Waals surface area contributed by atoms with Gasteiger partial charge >= 0.3 is 0 Å². The van der Waals surface area contributed by atoms with Crippen molar-refractivity contribution in [3.8, 4) is 11.4 Å². The van der Waals surface area contributed by atoms with Crippen molar-refractivity contribution in [2.45, 2.75) is 0 Å². The first kappa shape index (κ1) is 9.41. The molecule has 5 nitrogen and oxygen atoms in total. The van der Waals surface area contributed by atoms with Crippen molar-refractivity contribution < 1.29 is 0 Å². The highest BCUT2D eigenvalue weighted by molar-refractivity contribution is 9.10. The molecule has 3 rings (SSSR count). The number of nitrogens with zero attached hydrogens (tertiary/aromatic N) is 2. The first-order valence-electron chi connectivity index (χ1n) is 4.68. The zero-order chi connectivity index (χ0) is 11.1. The molecule has 80 valence electrons. The van der Waals surface area contributed by atoms with Crippen molar-refractivity contribution in [2.75, 3.05) is 5.73 Å². The maximum absolute atomic E-state index is 5.89. The van der Waals surface area contributed by atoms with Crippen LogP contribution in [0.3, 0.4) is 0 Å². The fraction of sp³-hybridized carbons (Fsp3) is 0. The lowest BCUT2D eigenvalue weighted by Gasteiger charge is -1.94. The predicted molar refractivity (Wildman–Crippen MR) is 65.8 cm³/mol. The second-order valence-electron chi connectivity index (χ2n) is 3.46. The maximum Gasteiger partial charge on any atom is 0.141 e. The van der Waals surface area contributed by atoms with E-state index in [1.165, 1.54) is 0 Å². The summed E-state index contributed by atoms with van der Waals surface area (Å²) in [6.45, 7) is 0. The van der Waals surface area contributed by atoms with E-state index >= 15 is 0 Å². The summed E-state index contributed by atoms with van der Waals surface area (Å²) >= 11 is 3.39. The molecule has 4 N–H and O–H groups in total. The summed E-state index contributed by atoms with van der Waals surface area (Å²) in [7, 11) is 0. The van der Waals surface area contributed by atoms with E-state index in [9.17, 15) is 0 Å². The number of nitrogen functional groups attached to an aromatic ring is 1. The van der Waals surface area contributed by atoms with Crippen LogP contribution in [0.2, 0.25) is 0 Å². The van der Waals surface area contributed by atoms with Gasteiger partial charge in [0.2, 0.25) is 0 Å². The number of rotatable bonds is 1. The molecule has 0 fully saturated rings. The van der Waals surface area contributed by atoms with Gasteiger partial charge in [0.05, 0.1) is 23.0 Å². The largest absolute Gasteiger partial charge is 0.397 e. The molecular weight excluding hydrogens is 270 g/mol. The summed E-state index contributed by atoms with van der Waals surface area (Å²) in [5.41, 5.74) is 9.13. The lowest BCUT2D eigenvalue weighted by molar-refractivity contribution is 1.09. The average Bonchev–Trinajstić information content (AvgIpc) is 2.82. The zero-order valence-corrected chi connectivity index (χ0v) is 9.75. The Morgan fingerprint density at radius 3 is 2.94 bits per heavy atom. The van der Waals surface area contributed by atoms with Gasteiger partial charge in [-0.1, -0.05) is 15.9 Å². The second-order valence-corrected chi connectivity index (χ2v) is 4.38. The number of anilines is 1. The highest BCUT2D eigenvalue weighted by atomic mass is 79.9. The topological polar surface area (TPSA) is 83.4 Å². The number of halogens is 1. The third-order valence-corrected chi connectivity index (χ3v) is 2.81. The van der Waals surface area contributed by atoms with Gasteiger partial charge in [0.25, 0.3) is 0 Å². The normalized spacial score (nSPS) is 11.1. The molecule has 0 aliphatic rings. The fourth-order valence-electron chi connectivity index (χ4n) is 1.62. The number of aromatic amines is 2. The van der Waals surface area contributed by atoms with Gasteiger partial charge in [-0.25, -0.2) is 4.98 Å². The van der Waals surface area contributed by atoms with E-state index in [0.717, 1.165) is 26.9 Å². The third kappa shape index (κ3) is 1.38. The minimum atomic E-state index is 0.648. The van der Waals surface area contributed by atoms with Crippen LogP contribution in [0.1, 0.15) is 0 Å². The van der Waals surface area contributed by atoms with E-state index in [1.807, 2.05) is 12.1 Å². The minimum absolute atomic E-state index is 0.648. The fourth-order valence-corrected chi connectivity index (χ4v) is 2.10. The number of aromatic nitrogens is 4. The first-order chi connectivity index (χ1) is 7.74. The number of hydrogen-bond acceptors (Lipinski definition) is 3. The molecule has 0 atom stereocenters. The van der Waals surface area contributed by atoms with Gasteiger partial charge in [0.1, 0.15) is 11.3 Å². The molecule has 1 aromatic carbocycles. The van der Waals surface area contributed by atoms with Crippen molar-refractivity contribution >= 4 is 32.7 Å². The molecule has 0 aliphatic heterocycles. The van der Waals surface area contributed by atoms with Gasteiger partial charge in [-0.05, 0) is 12.1 Å². The van der Waals surface area contributed by atoms with Gasteiger partial charge in [-0.2, -0.15) is 5.10 Å². The number of H-pyrrole nitrogens is 2. The maximum atomic E-state index is 5.89. The second kappa shape index (κ2) is 3.34. The lowest BCUT2D eigenvalue weighted by atomic mass is 10.3. The number of nitrogens with one attached hydrogen (secondary N) is 2. The van der Waals surface area contributed by atoms with E-state index in [4.69, 9.17) is 5.73 Å². The van der Waals surface area contributed by atoms with E-state index in [-0.39, 0.29) is 0 Å². The molecular formula is C10H8BrN5. The molecule has 0 radical (unpaired) electrons. The number of nitrogens with two attached hydrogens (primary N) is 1. The van der Waals surface area contributed by atoms with Crippen LogP contribution in [-0.2, 0) is 0 Å².